The molecule has 1 aliphatic rings. The number of aryl methyl sites for hydroxylation is 1. The molecule has 1 aliphatic heterocycles. The Balaban J connectivity index is 1.73. The van der Waals surface area contributed by atoms with E-state index >= 15 is 0 Å². The molecule has 1 aromatic heterocycles. The molecular weight excluding hydrogens is 204 g/mol. The second kappa shape index (κ2) is 5.12. The van der Waals surface area contributed by atoms with Gasteiger partial charge < -0.3 is 15.2 Å². The summed E-state index contributed by atoms with van der Waals surface area (Å²) in [6.45, 7) is 1.82. The maximum atomic E-state index is 11.7. The number of rotatable bonds is 4. The Morgan fingerprint density at radius 3 is 3.25 bits per heavy atom. The van der Waals surface area contributed by atoms with Gasteiger partial charge in [0.15, 0.2) is 5.82 Å². The standard InChI is InChI=1S/C11H18N4O/c1-15-8-7-13-10(15)11(16)14-6-4-9-3-2-5-12-9/h7-9,12H,2-6H2,1H3,(H,14,16)/t9-/m1/s1. The zero-order valence-corrected chi connectivity index (χ0v) is 9.57. The van der Waals surface area contributed by atoms with Crippen molar-refractivity contribution in [1.29, 1.82) is 0 Å². The highest BCUT2D eigenvalue weighted by Gasteiger charge is 2.15. The van der Waals surface area contributed by atoms with E-state index < -0.39 is 0 Å². The van der Waals surface area contributed by atoms with Crippen LogP contribution in [0.1, 0.15) is 29.9 Å². The number of hydrogen-bond donors (Lipinski definition) is 2. The summed E-state index contributed by atoms with van der Waals surface area (Å²) in [7, 11) is 1.82. The summed E-state index contributed by atoms with van der Waals surface area (Å²) in [5.41, 5.74) is 0. The van der Waals surface area contributed by atoms with Crippen molar-refractivity contribution < 1.29 is 4.79 Å². The monoisotopic (exact) mass is 222 g/mol. The van der Waals surface area contributed by atoms with Crippen LogP contribution in [0.25, 0.3) is 0 Å². The molecule has 0 aliphatic carbocycles. The lowest BCUT2D eigenvalue weighted by molar-refractivity contribution is 0.0939. The van der Waals surface area contributed by atoms with Gasteiger partial charge in [0, 0.05) is 32.0 Å². The minimum absolute atomic E-state index is 0.0921. The molecule has 0 saturated carbocycles. The van der Waals surface area contributed by atoms with E-state index in [1.54, 1.807) is 17.0 Å². The zero-order valence-electron chi connectivity index (χ0n) is 9.57. The quantitative estimate of drug-likeness (QED) is 0.770. The third-order valence-corrected chi connectivity index (χ3v) is 2.97. The molecule has 16 heavy (non-hydrogen) atoms. The largest absolute Gasteiger partial charge is 0.349 e. The lowest BCUT2D eigenvalue weighted by atomic mass is 10.1. The van der Waals surface area contributed by atoms with Crippen LogP contribution in [0, 0.1) is 0 Å². The van der Waals surface area contributed by atoms with E-state index in [-0.39, 0.29) is 5.91 Å². The van der Waals surface area contributed by atoms with Crippen molar-refractivity contribution in [2.24, 2.45) is 7.05 Å². The van der Waals surface area contributed by atoms with Crippen LogP contribution in [0.3, 0.4) is 0 Å². The van der Waals surface area contributed by atoms with E-state index in [4.69, 9.17) is 0 Å². The molecule has 1 amide bonds. The van der Waals surface area contributed by atoms with Gasteiger partial charge >= 0.3 is 0 Å². The zero-order chi connectivity index (χ0) is 11.4. The molecule has 5 heteroatoms. The smallest absolute Gasteiger partial charge is 0.287 e. The molecule has 1 aromatic rings. The van der Waals surface area contributed by atoms with Gasteiger partial charge in [-0.15, -0.1) is 0 Å². The Morgan fingerprint density at radius 1 is 1.75 bits per heavy atom. The summed E-state index contributed by atoms with van der Waals surface area (Å²) in [6, 6.07) is 0.571. The highest BCUT2D eigenvalue weighted by Crippen LogP contribution is 2.07. The van der Waals surface area contributed by atoms with Gasteiger partial charge in [0.25, 0.3) is 5.91 Å². The third-order valence-electron chi connectivity index (χ3n) is 2.97. The van der Waals surface area contributed by atoms with Crippen molar-refractivity contribution in [1.82, 2.24) is 20.2 Å². The molecule has 2 heterocycles. The van der Waals surface area contributed by atoms with Crippen molar-refractivity contribution in [2.45, 2.75) is 25.3 Å². The topological polar surface area (TPSA) is 59.0 Å². The van der Waals surface area contributed by atoms with Gasteiger partial charge in [-0.3, -0.25) is 4.79 Å². The first-order valence-corrected chi connectivity index (χ1v) is 5.76. The summed E-state index contributed by atoms with van der Waals surface area (Å²) in [5.74, 6) is 0.380. The van der Waals surface area contributed by atoms with Crippen LogP contribution in [-0.4, -0.2) is 34.6 Å². The van der Waals surface area contributed by atoms with E-state index in [2.05, 4.69) is 15.6 Å². The second-order valence-electron chi connectivity index (χ2n) is 4.20. The molecule has 5 nitrogen and oxygen atoms in total. The first-order valence-electron chi connectivity index (χ1n) is 5.76. The van der Waals surface area contributed by atoms with Crippen LogP contribution >= 0.6 is 0 Å². The number of imidazole rings is 1. The summed E-state index contributed by atoms with van der Waals surface area (Å²) in [5, 5.41) is 6.29. The van der Waals surface area contributed by atoms with Crippen molar-refractivity contribution >= 4 is 5.91 Å². The highest BCUT2D eigenvalue weighted by molar-refractivity contribution is 5.90. The SMILES string of the molecule is Cn1ccnc1C(=O)NCC[C@H]1CCCN1. The van der Waals surface area contributed by atoms with Gasteiger partial charge in [-0.05, 0) is 25.8 Å². The van der Waals surface area contributed by atoms with Crippen molar-refractivity contribution in [2.75, 3.05) is 13.1 Å². The van der Waals surface area contributed by atoms with Gasteiger partial charge in [0.2, 0.25) is 0 Å². The lowest BCUT2D eigenvalue weighted by Gasteiger charge is -2.10. The summed E-state index contributed by atoms with van der Waals surface area (Å²) in [4.78, 5) is 15.7. The first kappa shape index (κ1) is 11.1. The normalized spacial score (nSPS) is 19.9. The Labute approximate surface area is 95.2 Å². The van der Waals surface area contributed by atoms with Gasteiger partial charge in [0.05, 0.1) is 0 Å². The van der Waals surface area contributed by atoms with Gasteiger partial charge in [0.1, 0.15) is 0 Å². The predicted octanol–water partition coefficient (Wildman–Crippen LogP) is 0.292. The van der Waals surface area contributed by atoms with Gasteiger partial charge in [-0.25, -0.2) is 4.98 Å². The van der Waals surface area contributed by atoms with Gasteiger partial charge in [-0.2, -0.15) is 0 Å². The molecule has 1 atom stereocenters. The first-order chi connectivity index (χ1) is 7.77. The van der Waals surface area contributed by atoms with E-state index in [9.17, 15) is 4.79 Å². The van der Waals surface area contributed by atoms with Crippen LogP contribution in [0.5, 0.6) is 0 Å². The number of hydrogen-bond acceptors (Lipinski definition) is 3. The molecule has 0 unspecified atom stereocenters. The van der Waals surface area contributed by atoms with Crippen molar-refractivity contribution in [3.8, 4) is 0 Å². The summed E-state index contributed by atoms with van der Waals surface area (Å²) >= 11 is 0. The molecular formula is C11H18N4O. The highest BCUT2D eigenvalue weighted by atomic mass is 16.2. The number of carbonyl (C=O) groups is 1. The number of nitrogens with zero attached hydrogens (tertiary/aromatic N) is 2. The van der Waals surface area contributed by atoms with Crippen molar-refractivity contribution in [3.63, 3.8) is 0 Å². The Hall–Kier alpha value is -1.36. The van der Waals surface area contributed by atoms with E-state index in [1.165, 1.54) is 12.8 Å². The average molecular weight is 222 g/mol. The van der Waals surface area contributed by atoms with Crippen LogP contribution in [0.2, 0.25) is 0 Å². The average Bonchev–Trinajstić information content (AvgIpc) is 2.88. The Bertz CT molecular complexity index is 355. The third kappa shape index (κ3) is 2.61. The van der Waals surface area contributed by atoms with Crippen LogP contribution in [0.15, 0.2) is 12.4 Å². The predicted molar refractivity (Wildman–Crippen MR) is 61.2 cm³/mol. The molecule has 88 valence electrons. The van der Waals surface area contributed by atoms with Crippen LogP contribution in [-0.2, 0) is 7.05 Å². The van der Waals surface area contributed by atoms with Crippen molar-refractivity contribution in [3.05, 3.63) is 18.2 Å². The molecule has 2 N–H and O–H groups in total. The van der Waals surface area contributed by atoms with E-state index in [0.29, 0.717) is 18.4 Å². The Kier molecular flexibility index (Phi) is 3.56. The number of aromatic nitrogens is 2. The summed E-state index contributed by atoms with van der Waals surface area (Å²) < 4.78 is 1.73. The number of amides is 1. The van der Waals surface area contributed by atoms with Gasteiger partial charge in [-0.1, -0.05) is 0 Å². The fraction of sp³-hybridized carbons (Fsp3) is 0.636. The minimum atomic E-state index is -0.0921. The molecule has 0 radical (unpaired) electrons. The number of nitrogens with one attached hydrogen (secondary N) is 2. The van der Waals surface area contributed by atoms with Crippen LogP contribution in [0.4, 0.5) is 0 Å². The molecule has 2 rings (SSSR count). The number of carbonyl (C=O) groups excluding carboxylic acids is 1. The second-order valence-corrected chi connectivity index (χ2v) is 4.20. The molecule has 0 bridgehead atoms. The molecule has 1 saturated heterocycles. The molecule has 1 fully saturated rings. The minimum Gasteiger partial charge on any atom is -0.349 e. The lowest BCUT2D eigenvalue weighted by Crippen LogP contribution is -2.31. The molecule has 0 aromatic carbocycles. The fourth-order valence-corrected chi connectivity index (χ4v) is 2.03. The van der Waals surface area contributed by atoms with E-state index in [0.717, 1.165) is 13.0 Å². The maximum absolute atomic E-state index is 11.7. The Morgan fingerprint density at radius 2 is 2.62 bits per heavy atom. The maximum Gasteiger partial charge on any atom is 0.287 e. The van der Waals surface area contributed by atoms with Crippen LogP contribution < -0.4 is 10.6 Å². The fourth-order valence-electron chi connectivity index (χ4n) is 2.03. The molecule has 0 spiro atoms. The summed E-state index contributed by atoms with van der Waals surface area (Å²) in [6.07, 6.45) is 6.87. The van der Waals surface area contributed by atoms with E-state index in [1.807, 2.05) is 7.05 Å².